The van der Waals surface area contributed by atoms with Gasteiger partial charge in [-0.25, -0.2) is 0 Å². The number of methoxy groups -OCH3 is 1. The third-order valence-electron chi connectivity index (χ3n) is 5.23. The molecule has 0 saturated carbocycles. The molecular weight excluding hydrogens is 413 g/mol. The number of fused-ring (bicyclic) bond motifs is 1. The fraction of sp³-hybridized carbons (Fsp3) is 0.160. The molecule has 6 nitrogen and oxygen atoms in total. The van der Waals surface area contributed by atoms with Crippen LogP contribution >= 0.6 is 0 Å². The predicted molar refractivity (Wildman–Crippen MR) is 118 cm³/mol. The van der Waals surface area contributed by atoms with Crippen LogP contribution in [0.1, 0.15) is 16.7 Å². The predicted octanol–water partition coefficient (Wildman–Crippen LogP) is 4.91. The first kappa shape index (κ1) is 21.4. The zero-order chi connectivity index (χ0) is 22.7. The van der Waals surface area contributed by atoms with Crippen molar-refractivity contribution in [2.75, 3.05) is 7.11 Å². The molecule has 0 aliphatic rings. The van der Waals surface area contributed by atoms with Gasteiger partial charge in [0.15, 0.2) is 0 Å². The largest absolute Gasteiger partial charge is 0.497 e. The van der Waals surface area contributed by atoms with E-state index >= 15 is 0 Å². The third kappa shape index (κ3) is 4.43. The summed E-state index contributed by atoms with van der Waals surface area (Å²) in [5.41, 5.74) is 9.70. The Balaban J connectivity index is 1.68. The van der Waals surface area contributed by atoms with Crippen molar-refractivity contribution >= 4 is 16.9 Å². The van der Waals surface area contributed by atoms with Gasteiger partial charge in [0.25, 0.3) is 6.01 Å². The Bertz CT molecular complexity index is 1280. The highest BCUT2D eigenvalue weighted by molar-refractivity contribution is 5.86. The van der Waals surface area contributed by atoms with Crippen LogP contribution in [0.25, 0.3) is 22.1 Å². The normalized spacial score (nSPS) is 11.0. The van der Waals surface area contributed by atoms with Crippen molar-refractivity contribution < 1.29 is 28.2 Å². The molecule has 3 aromatic carbocycles. The average Bonchev–Trinajstić information content (AvgIpc) is 3.12. The first-order valence-corrected chi connectivity index (χ1v) is 10.0. The van der Waals surface area contributed by atoms with Gasteiger partial charge in [0.05, 0.1) is 19.1 Å². The Kier molecular flexibility index (Phi) is 6.09. The van der Waals surface area contributed by atoms with Gasteiger partial charge in [-0.3, -0.25) is 4.79 Å². The Morgan fingerprint density at radius 2 is 1.91 bits per heavy atom. The van der Waals surface area contributed by atoms with E-state index in [-0.39, 0.29) is 18.6 Å². The standard InChI is InChI=1S/C25H22FNO5/c1-30-19-7-5-18(11-24(28)29)23(12-19)31-14-21-20-10-17(6-8-22(20)32-25(21)26)16-4-2-3-15(9-16)13-27/h2-10,12H,11,13-14,27H2,1H3,(H,28,29). The van der Waals surface area contributed by atoms with E-state index in [9.17, 15) is 9.18 Å². The molecule has 0 spiro atoms. The maximum absolute atomic E-state index is 14.6. The molecule has 3 N–H and O–H groups in total. The van der Waals surface area contributed by atoms with E-state index in [1.807, 2.05) is 36.4 Å². The minimum Gasteiger partial charge on any atom is -0.497 e. The molecule has 0 atom stereocenters. The summed E-state index contributed by atoms with van der Waals surface area (Å²) >= 11 is 0. The number of furan rings is 1. The van der Waals surface area contributed by atoms with Crippen LogP contribution < -0.4 is 15.2 Å². The van der Waals surface area contributed by atoms with Crippen molar-refractivity contribution in [3.63, 3.8) is 0 Å². The number of benzene rings is 3. The maximum Gasteiger partial charge on any atom is 0.307 e. The first-order chi connectivity index (χ1) is 15.5. The van der Waals surface area contributed by atoms with Crippen LogP contribution in [0.2, 0.25) is 0 Å². The summed E-state index contributed by atoms with van der Waals surface area (Å²) in [7, 11) is 1.50. The van der Waals surface area contributed by atoms with Gasteiger partial charge in [0.2, 0.25) is 0 Å². The monoisotopic (exact) mass is 435 g/mol. The zero-order valence-electron chi connectivity index (χ0n) is 17.4. The molecule has 4 rings (SSSR count). The molecule has 0 fully saturated rings. The van der Waals surface area contributed by atoms with E-state index in [4.69, 9.17) is 24.7 Å². The van der Waals surface area contributed by atoms with E-state index in [0.717, 1.165) is 16.7 Å². The van der Waals surface area contributed by atoms with Crippen LogP contribution in [0, 0.1) is 6.01 Å². The van der Waals surface area contributed by atoms with Gasteiger partial charge in [0, 0.05) is 23.6 Å². The second kappa shape index (κ2) is 9.11. The van der Waals surface area contributed by atoms with Crippen LogP contribution in [-0.4, -0.2) is 18.2 Å². The molecule has 7 heteroatoms. The molecule has 0 bridgehead atoms. The highest BCUT2D eigenvalue weighted by atomic mass is 19.1. The molecule has 0 unspecified atom stereocenters. The number of carbonyl (C=O) groups is 1. The molecule has 0 radical (unpaired) electrons. The number of aliphatic carboxylic acids is 1. The highest BCUT2D eigenvalue weighted by Crippen LogP contribution is 2.32. The van der Waals surface area contributed by atoms with E-state index in [1.54, 1.807) is 24.3 Å². The number of nitrogens with two attached hydrogens (primary N) is 1. The Morgan fingerprint density at radius 1 is 1.09 bits per heavy atom. The van der Waals surface area contributed by atoms with Crippen LogP contribution in [-0.2, 0) is 24.4 Å². The van der Waals surface area contributed by atoms with Crippen molar-refractivity contribution in [2.24, 2.45) is 5.73 Å². The van der Waals surface area contributed by atoms with Crippen LogP contribution in [0.15, 0.2) is 65.1 Å². The number of hydrogen-bond acceptors (Lipinski definition) is 5. The van der Waals surface area contributed by atoms with Crippen molar-refractivity contribution in [1.82, 2.24) is 0 Å². The number of hydrogen-bond donors (Lipinski definition) is 2. The Labute approximate surface area is 184 Å². The summed E-state index contributed by atoms with van der Waals surface area (Å²) in [5, 5.41) is 9.75. The van der Waals surface area contributed by atoms with Crippen molar-refractivity contribution in [3.8, 4) is 22.6 Å². The van der Waals surface area contributed by atoms with Gasteiger partial charge < -0.3 is 24.7 Å². The van der Waals surface area contributed by atoms with Crippen molar-refractivity contribution in [1.29, 1.82) is 0 Å². The molecule has 1 aromatic heterocycles. The molecule has 0 amide bonds. The van der Waals surface area contributed by atoms with Crippen LogP contribution in [0.5, 0.6) is 11.5 Å². The van der Waals surface area contributed by atoms with Gasteiger partial charge in [0.1, 0.15) is 23.7 Å². The lowest BCUT2D eigenvalue weighted by Crippen LogP contribution is -2.05. The SMILES string of the molecule is COc1ccc(CC(=O)O)c(OCc2c(F)oc3ccc(-c4cccc(CN)c4)cc23)c1. The molecular formula is C25H22FNO5. The van der Waals surface area contributed by atoms with Gasteiger partial charge >= 0.3 is 5.97 Å². The summed E-state index contributed by atoms with van der Waals surface area (Å²) in [4.78, 5) is 11.2. The fourth-order valence-electron chi connectivity index (χ4n) is 3.57. The third-order valence-corrected chi connectivity index (χ3v) is 5.23. The van der Waals surface area contributed by atoms with Crippen molar-refractivity contribution in [3.05, 3.63) is 83.4 Å². The fourth-order valence-corrected chi connectivity index (χ4v) is 3.57. The topological polar surface area (TPSA) is 94.9 Å². The number of carboxylic acids is 1. The molecule has 4 aromatic rings. The molecule has 32 heavy (non-hydrogen) atoms. The zero-order valence-corrected chi connectivity index (χ0v) is 17.4. The Morgan fingerprint density at radius 3 is 2.66 bits per heavy atom. The van der Waals surface area contributed by atoms with Gasteiger partial charge in [-0.1, -0.05) is 30.3 Å². The molecule has 0 aliphatic carbocycles. The van der Waals surface area contributed by atoms with E-state index in [2.05, 4.69) is 0 Å². The van der Waals surface area contributed by atoms with Gasteiger partial charge in [-0.05, 0) is 41.0 Å². The van der Waals surface area contributed by atoms with E-state index in [0.29, 0.717) is 34.6 Å². The lowest BCUT2D eigenvalue weighted by molar-refractivity contribution is -0.136. The smallest absolute Gasteiger partial charge is 0.307 e. The second-order valence-corrected chi connectivity index (χ2v) is 7.30. The number of halogens is 1. The first-order valence-electron chi connectivity index (χ1n) is 10.0. The molecule has 164 valence electrons. The van der Waals surface area contributed by atoms with Crippen LogP contribution in [0.3, 0.4) is 0 Å². The molecule has 0 saturated heterocycles. The van der Waals surface area contributed by atoms with E-state index < -0.39 is 12.0 Å². The summed E-state index contributed by atoms with van der Waals surface area (Å²) in [6.45, 7) is 0.291. The number of rotatable bonds is 8. The summed E-state index contributed by atoms with van der Waals surface area (Å²) in [6, 6.07) is 17.4. The molecule has 1 heterocycles. The average molecular weight is 435 g/mol. The maximum atomic E-state index is 14.6. The van der Waals surface area contributed by atoms with Crippen molar-refractivity contribution in [2.45, 2.75) is 19.6 Å². The number of ether oxygens (including phenoxy) is 2. The molecule has 0 aliphatic heterocycles. The number of carboxylic acid groups (broad SMARTS) is 1. The van der Waals surface area contributed by atoms with Gasteiger partial charge in [-0.15, -0.1) is 0 Å². The second-order valence-electron chi connectivity index (χ2n) is 7.30. The lowest BCUT2D eigenvalue weighted by Gasteiger charge is -2.12. The van der Waals surface area contributed by atoms with Crippen LogP contribution in [0.4, 0.5) is 4.39 Å². The Hall–Kier alpha value is -3.84. The van der Waals surface area contributed by atoms with Gasteiger partial charge in [-0.2, -0.15) is 4.39 Å². The minimum atomic E-state index is -0.996. The summed E-state index contributed by atoms with van der Waals surface area (Å²) in [5.74, 6) is -0.176. The minimum absolute atomic E-state index is 0.134. The quantitative estimate of drug-likeness (QED) is 0.408. The highest BCUT2D eigenvalue weighted by Gasteiger charge is 2.17. The summed E-state index contributed by atoms with van der Waals surface area (Å²) in [6.07, 6.45) is -0.227. The van der Waals surface area contributed by atoms with E-state index in [1.165, 1.54) is 7.11 Å². The summed E-state index contributed by atoms with van der Waals surface area (Å²) < 4.78 is 30.9. The lowest BCUT2D eigenvalue weighted by atomic mass is 10.0.